The second kappa shape index (κ2) is 5.78. The largest absolute Gasteiger partial charge is 0.422 e. The Bertz CT molecular complexity index is 1360. The van der Waals surface area contributed by atoms with E-state index in [4.69, 9.17) is 10.2 Å². The van der Waals surface area contributed by atoms with Gasteiger partial charge < -0.3 is 15.5 Å². The van der Waals surface area contributed by atoms with Gasteiger partial charge in [-0.1, -0.05) is 24.3 Å². The molecule has 0 saturated carbocycles. The summed E-state index contributed by atoms with van der Waals surface area (Å²) < 4.78 is 19.0. The minimum Gasteiger partial charge on any atom is -0.422 e. The highest BCUT2D eigenvalue weighted by molar-refractivity contribution is 5.95. The van der Waals surface area contributed by atoms with Crippen molar-refractivity contribution in [2.75, 3.05) is 11.1 Å². The number of hydrogen-bond acceptors (Lipinski definition) is 6. The zero-order valence-electron chi connectivity index (χ0n) is 14.3. The SMILES string of the molecule is Nc1nc2c(c(=O)[nH]1)C(c1ccc(F)cc1)c1c(c3ccccc3oc1=O)N2. The number of rotatable bonds is 1. The highest BCUT2D eigenvalue weighted by Crippen LogP contribution is 2.43. The lowest BCUT2D eigenvalue weighted by molar-refractivity contribution is 0.548. The number of nitrogen functional groups attached to an aromatic ring is 1. The molecule has 0 spiro atoms. The van der Waals surface area contributed by atoms with Crippen LogP contribution in [0.2, 0.25) is 0 Å². The number of fused-ring (bicyclic) bond motifs is 4. The number of para-hydroxylation sites is 1. The summed E-state index contributed by atoms with van der Waals surface area (Å²) >= 11 is 0. The molecule has 2 aromatic heterocycles. The third-order valence-corrected chi connectivity index (χ3v) is 4.85. The van der Waals surface area contributed by atoms with Crippen LogP contribution in [0.3, 0.4) is 0 Å². The van der Waals surface area contributed by atoms with Gasteiger partial charge in [-0.25, -0.2) is 9.18 Å². The van der Waals surface area contributed by atoms with Gasteiger partial charge in [0.1, 0.15) is 17.2 Å². The summed E-state index contributed by atoms with van der Waals surface area (Å²) in [4.78, 5) is 32.2. The number of nitrogens with zero attached hydrogens (tertiary/aromatic N) is 1. The predicted octanol–water partition coefficient (Wildman–Crippen LogP) is 2.83. The van der Waals surface area contributed by atoms with Gasteiger partial charge in [0.15, 0.2) is 0 Å². The summed E-state index contributed by atoms with van der Waals surface area (Å²) in [6.07, 6.45) is 0. The van der Waals surface area contributed by atoms with E-state index in [9.17, 15) is 14.0 Å². The molecule has 0 radical (unpaired) electrons. The zero-order valence-corrected chi connectivity index (χ0v) is 14.3. The average molecular weight is 376 g/mol. The lowest BCUT2D eigenvalue weighted by atomic mass is 9.83. The van der Waals surface area contributed by atoms with Gasteiger partial charge in [-0.05, 0) is 29.8 Å². The molecule has 3 heterocycles. The molecule has 28 heavy (non-hydrogen) atoms. The Kier molecular flexibility index (Phi) is 3.35. The summed E-state index contributed by atoms with van der Waals surface area (Å²) in [6, 6.07) is 12.7. The molecular formula is C20H13FN4O3. The van der Waals surface area contributed by atoms with Crippen molar-refractivity contribution in [3.63, 3.8) is 0 Å². The molecule has 1 aliphatic rings. The van der Waals surface area contributed by atoms with Crippen molar-refractivity contribution in [2.45, 2.75) is 5.92 Å². The van der Waals surface area contributed by atoms with Crippen LogP contribution in [0, 0.1) is 5.82 Å². The van der Waals surface area contributed by atoms with Gasteiger partial charge in [0, 0.05) is 5.39 Å². The first-order chi connectivity index (χ1) is 13.5. The van der Waals surface area contributed by atoms with E-state index in [1.54, 1.807) is 18.2 Å². The molecule has 0 aliphatic carbocycles. The first kappa shape index (κ1) is 16.2. The molecule has 0 bridgehead atoms. The van der Waals surface area contributed by atoms with Crippen molar-refractivity contribution in [1.82, 2.24) is 9.97 Å². The Morgan fingerprint density at radius 1 is 1.04 bits per heavy atom. The van der Waals surface area contributed by atoms with E-state index in [1.807, 2.05) is 6.07 Å². The van der Waals surface area contributed by atoms with Crippen molar-refractivity contribution in [1.29, 1.82) is 0 Å². The van der Waals surface area contributed by atoms with Crippen LogP contribution < -0.4 is 22.2 Å². The minimum absolute atomic E-state index is 0.0511. The predicted molar refractivity (Wildman–Crippen MR) is 102 cm³/mol. The van der Waals surface area contributed by atoms with Crippen molar-refractivity contribution in [2.24, 2.45) is 0 Å². The quantitative estimate of drug-likeness (QED) is 0.388. The van der Waals surface area contributed by atoms with Gasteiger partial charge in [0.05, 0.1) is 22.7 Å². The first-order valence-corrected chi connectivity index (χ1v) is 8.51. The van der Waals surface area contributed by atoms with Crippen molar-refractivity contribution < 1.29 is 8.81 Å². The molecule has 2 aromatic carbocycles. The summed E-state index contributed by atoms with van der Waals surface area (Å²) in [5.41, 5.74) is 6.57. The van der Waals surface area contributed by atoms with E-state index < -0.39 is 22.9 Å². The number of nitrogens with one attached hydrogen (secondary N) is 2. The van der Waals surface area contributed by atoms with Gasteiger partial charge in [0.2, 0.25) is 5.95 Å². The average Bonchev–Trinajstić information content (AvgIpc) is 2.67. The Labute approximate surface area is 156 Å². The van der Waals surface area contributed by atoms with Gasteiger partial charge in [-0.2, -0.15) is 4.98 Å². The molecule has 1 aliphatic heterocycles. The van der Waals surface area contributed by atoms with E-state index in [2.05, 4.69) is 15.3 Å². The Hall–Kier alpha value is -3.94. The standard InChI is InChI=1S/C20H13FN4O3/c21-10-7-5-9(6-8-10)13-14-16(11-3-1-2-4-12(11)28-19(14)27)23-17-15(13)18(26)25-20(22)24-17/h1-8,13H,(H4,22,23,24,25,26). The number of aromatic amines is 1. The molecule has 8 heteroatoms. The Morgan fingerprint density at radius 2 is 1.79 bits per heavy atom. The third kappa shape index (κ3) is 2.31. The molecule has 7 nitrogen and oxygen atoms in total. The highest BCUT2D eigenvalue weighted by Gasteiger charge is 2.35. The molecule has 1 unspecified atom stereocenters. The molecule has 0 fully saturated rings. The number of nitrogens with two attached hydrogens (primary N) is 1. The van der Waals surface area contributed by atoms with Crippen LogP contribution in [-0.2, 0) is 0 Å². The van der Waals surface area contributed by atoms with Gasteiger partial charge >= 0.3 is 5.63 Å². The topological polar surface area (TPSA) is 114 Å². The van der Waals surface area contributed by atoms with Crippen LogP contribution in [0.25, 0.3) is 11.0 Å². The number of halogens is 1. The van der Waals surface area contributed by atoms with Crippen LogP contribution in [0.15, 0.2) is 62.5 Å². The van der Waals surface area contributed by atoms with E-state index in [0.717, 1.165) is 0 Å². The number of H-pyrrole nitrogens is 1. The van der Waals surface area contributed by atoms with Crippen LogP contribution in [0.5, 0.6) is 0 Å². The molecular weight excluding hydrogens is 363 g/mol. The number of aromatic nitrogens is 2. The Morgan fingerprint density at radius 3 is 2.57 bits per heavy atom. The second-order valence-electron chi connectivity index (χ2n) is 6.50. The molecule has 138 valence electrons. The number of benzene rings is 2. The van der Waals surface area contributed by atoms with E-state index >= 15 is 0 Å². The Balaban J connectivity index is 1.91. The second-order valence-corrected chi connectivity index (χ2v) is 6.50. The van der Waals surface area contributed by atoms with Crippen LogP contribution >= 0.6 is 0 Å². The molecule has 5 rings (SSSR count). The molecule has 0 amide bonds. The molecule has 1 atom stereocenters. The van der Waals surface area contributed by atoms with Crippen LogP contribution in [0.1, 0.15) is 22.6 Å². The fraction of sp³-hybridized carbons (Fsp3) is 0.0500. The molecule has 4 aromatic rings. The third-order valence-electron chi connectivity index (χ3n) is 4.85. The maximum atomic E-state index is 13.5. The summed E-state index contributed by atoms with van der Waals surface area (Å²) in [5.74, 6) is -1.01. The lowest BCUT2D eigenvalue weighted by Crippen LogP contribution is -2.30. The molecule has 0 saturated heterocycles. The number of hydrogen-bond donors (Lipinski definition) is 3. The van der Waals surface area contributed by atoms with E-state index in [0.29, 0.717) is 22.2 Å². The summed E-state index contributed by atoms with van der Waals surface area (Å²) in [7, 11) is 0. The maximum absolute atomic E-state index is 13.5. The highest BCUT2D eigenvalue weighted by atomic mass is 19.1. The van der Waals surface area contributed by atoms with Crippen LogP contribution in [0.4, 0.5) is 21.8 Å². The van der Waals surface area contributed by atoms with Crippen LogP contribution in [-0.4, -0.2) is 9.97 Å². The summed E-state index contributed by atoms with van der Waals surface area (Å²) in [6.45, 7) is 0. The van der Waals surface area contributed by atoms with Crippen molar-refractivity contribution in [3.8, 4) is 0 Å². The first-order valence-electron chi connectivity index (χ1n) is 8.51. The van der Waals surface area contributed by atoms with Crippen molar-refractivity contribution >= 4 is 28.4 Å². The summed E-state index contributed by atoms with van der Waals surface area (Å²) in [5, 5.41) is 3.73. The maximum Gasteiger partial charge on any atom is 0.342 e. The zero-order chi connectivity index (χ0) is 19.4. The van der Waals surface area contributed by atoms with Gasteiger partial charge in [0.25, 0.3) is 5.56 Å². The fourth-order valence-corrected chi connectivity index (χ4v) is 3.68. The van der Waals surface area contributed by atoms with E-state index in [-0.39, 0.29) is 22.9 Å². The monoisotopic (exact) mass is 376 g/mol. The number of anilines is 3. The minimum atomic E-state index is -0.787. The van der Waals surface area contributed by atoms with E-state index in [1.165, 1.54) is 24.3 Å². The van der Waals surface area contributed by atoms with Gasteiger partial charge in [-0.3, -0.25) is 9.78 Å². The molecule has 4 N–H and O–H groups in total. The lowest BCUT2D eigenvalue weighted by Gasteiger charge is -2.27. The fourth-order valence-electron chi connectivity index (χ4n) is 3.68. The van der Waals surface area contributed by atoms with Gasteiger partial charge in [-0.15, -0.1) is 0 Å². The van der Waals surface area contributed by atoms with Crippen molar-refractivity contribution in [3.05, 3.63) is 91.8 Å². The smallest absolute Gasteiger partial charge is 0.342 e. The normalized spacial score (nSPS) is 15.0.